The summed E-state index contributed by atoms with van der Waals surface area (Å²) >= 11 is 3.38. The van der Waals surface area contributed by atoms with Gasteiger partial charge in [-0.15, -0.1) is 0 Å². The van der Waals surface area contributed by atoms with Crippen LogP contribution in [0.5, 0.6) is 0 Å². The molecule has 0 saturated carbocycles. The van der Waals surface area contributed by atoms with Gasteiger partial charge >= 0.3 is 0 Å². The van der Waals surface area contributed by atoms with Crippen LogP contribution in [0.15, 0.2) is 47.2 Å². The van der Waals surface area contributed by atoms with Crippen molar-refractivity contribution in [2.45, 2.75) is 26.2 Å². The second-order valence-corrected chi connectivity index (χ2v) is 6.70. The molecule has 108 valence electrons. The number of aromatic nitrogens is 2. The minimum Gasteiger partial charge on any atom is -0.287 e. The predicted octanol–water partition coefficient (Wildman–Crippen LogP) is 4.43. The van der Waals surface area contributed by atoms with Crippen molar-refractivity contribution in [3.63, 3.8) is 0 Å². The molecule has 0 radical (unpaired) electrons. The van der Waals surface area contributed by atoms with E-state index in [9.17, 15) is 4.79 Å². The first-order chi connectivity index (χ1) is 9.86. The minimum absolute atomic E-state index is 0.0676. The maximum atomic E-state index is 12.0. The number of hydrogen-bond acceptors (Lipinski definition) is 3. The lowest BCUT2D eigenvalue weighted by molar-refractivity contribution is 0.104. The molecule has 0 atom stereocenters. The Morgan fingerprint density at radius 2 is 1.76 bits per heavy atom. The van der Waals surface area contributed by atoms with Crippen molar-refractivity contribution in [3.8, 4) is 0 Å². The van der Waals surface area contributed by atoms with Crippen LogP contribution in [0.4, 0.5) is 0 Å². The highest BCUT2D eigenvalue weighted by Crippen LogP contribution is 2.18. The van der Waals surface area contributed by atoms with Crippen LogP contribution in [0.2, 0.25) is 0 Å². The summed E-state index contributed by atoms with van der Waals surface area (Å²) in [6.07, 6.45) is 6.49. The third-order valence-electron chi connectivity index (χ3n) is 2.97. The van der Waals surface area contributed by atoms with Crippen molar-refractivity contribution in [2.75, 3.05) is 0 Å². The lowest BCUT2D eigenvalue weighted by Crippen LogP contribution is -2.14. The van der Waals surface area contributed by atoms with Crippen molar-refractivity contribution >= 4 is 27.8 Å². The van der Waals surface area contributed by atoms with E-state index in [-0.39, 0.29) is 11.2 Å². The van der Waals surface area contributed by atoms with E-state index in [1.165, 1.54) is 12.3 Å². The second-order valence-electron chi connectivity index (χ2n) is 5.79. The molecule has 0 aliphatic heterocycles. The number of carbonyl (C=O) groups is 1. The first kappa shape index (κ1) is 15.6. The van der Waals surface area contributed by atoms with E-state index in [0.717, 1.165) is 15.7 Å². The highest BCUT2D eigenvalue weighted by Gasteiger charge is 2.16. The quantitative estimate of drug-likeness (QED) is 0.610. The van der Waals surface area contributed by atoms with E-state index in [0.29, 0.717) is 5.69 Å². The monoisotopic (exact) mass is 344 g/mol. The Morgan fingerprint density at radius 1 is 1.10 bits per heavy atom. The number of rotatable bonds is 3. The highest BCUT2D eigenvalue weighted by molar-refractivity contribution is 9.10. The van der Waals surface area contributed by atoms with Crippen molar-refractivity contribution < 1.29 is 4.79 Å². The fourth-order valence-corrected chi connectivity index (χ4v) is 1.94. The van der Waals surface area contributed by atoms with Gasteiger partial charge in [0.25, 0.3) is 0 Å². The lowest BCUT2D eigenvalue weighted by Gasteiger charge is -2.16. The van der Waals surface area contributed by atoms with Crippen molar-refractivity contribution in [1.29, 1.82) is 0 Å². The minimum atomic E-state index is -0.147. The molecular formula is C17H17BrN2O. The Labute approximate surface area is 133 Å². The molecule has 0 amide bonds. The van der Waals surface area contributed by atoms with E-state index < -0.39 is 0 Å². The predicted molar refractivity (Wildman–Crippen MR) is 88.2 cm³/mol. The first-order valence-electron chi connectivity index (χ1n) is 6.67. The average molecular weight is 345 g/mol. The Kier molecular flexibility index (Phi) is 4.68. The van der Waals surface area contributed by atoms with Gasteiger partial charge in [-0.2, -0.15) is 0 Å². The van der Waals surface area contributed by atoms with Gasteiger partial charge in [0.2, 0.25) is 5.78 Å². The molecule has 0 aliphatic rings. The largest absolute Gasteiger partial charge is 0.287 e. The first-order valence-corrected chi connectivity index (χ1v) is 7.46. The van der Waals surface area contributed by atoms with Crippen molar-refractivity contribution in [1.82, 2.24) is 9.97 Å². The summed E-state index contributed by atoms with van der Waals surface area (Å²) in [5.74, 6) is -0.147. The number of hydrogen-bond donors (Lipinski definition) is 0. The summed E-state index contributed by atoms with van der Waals surface area (Å²) in [6.45, 7) is 6.18. The number of nitrogens with zero attached hydrogens (tertiary/aromatic N) is 2. The van der Waals surface area contributed by atoms with Crippen LogP contribution in [0.25, 0.3) is 6.08 Å². The maximum absolute atomic E-state index is 12.0. The zero-order valence-electron chi connectivity index (χ0n) is 12.3. The molecule has 0 unspecified atom stereocenters. The Bertz CT molecular complexity index is 653. The van der Waals surface area contributed by atoms with Crippen LogP contribution in [-0.4, -0.2) is 15.8 Å². The molecule has 0 fully saturated rings. The summed E-state index contributed by atoms with van der Waals surface area (Å²) in [5.41, 5.74) is 2.13. The van der Waals surface area contributed by atoms with Crippen LogP contribution in [0, 0.1) is 0 Å². The SMILES string of the molecule is CC(C)(C)c1cnc(C(=O)/C=C/c2ccc(Br)cc2)cn1. The molecule has 0 aliphatic carbocycles. The van der Waals surface area contributed by atoms with Gasteiger partial charge in [-0.25, -0.2) is 4.98 Å². The van der Waals surface area contributed by atoms with E-state index >= 15 is 0 Å². The molecule has 2 aromatic rings. The third kappa shape index (κ3) is 4.33. The molecule has 0 bridgehead atoms. The smallest absolute Gasteiger partial charge is 0.205 e. The standard InChI is InChI=1S/C17H17BrN2O/c1-17(2,3)16-11-19-14(10-20-16)15(21)9-6-12-4-7-13(18)8-5-12/h4-11H,1-3H3/b9-6+. The Hall–Kier alpha value is -1.81. The van der Waals surface area contributed by atoms with Crippen molar-refractivity contribution in [3.05, 3.63) is 64.2 Å². The van der Waals surface area contributed by atoms with Gasteiger partial charge < -0.3 is 0 Å². The molecule has 1 heterocycles. The molecule has 0 N–H and O–H groups in total. The summed E-state index contributed by atoms with van der Waals surface area (Å²) in [5, 5.41) is 0. The highest BCUT2D eigenvalue weighted by atomic mass is 79.9. The number of benzene rings is 1. The molecule has 1 aromatic carbocycles. The van der Waals surface area contributed by atoms with Crippen LogP contribution >= 0.6 is 15.9 Å². The van der Waals surface area contributed by atoms with Gasteiger partial charge in [0, 0.05) is 16.1 Å². The van der Waals surface area contributed by atoms with Gasteiger partial charge in [-0.05, 0) is 23.8 Å². The molecule has 2 rings (SSSR count). The number of halogens is 1. The van der Waals surface area contributed by atoms with Gasteiger partial charge in [0.1, 0.15) is 5.69 Å². The topological polar surface area (TPSA) is 42.9 Å². The van der Waals surface area contributed by atoms with Crippen LogP contribution < -0.4 is 0 Å². The zero-order chi connectivity index (χ0) is 15.5. The summed E-state index contributed by atoms with van der Waals surface area (Å²) < 4.78 is 1.01. The lowest BCUT2D eigenvalue weighted by atomic mass is 9.93. The van der Waals surface area contributed by atoms with E-state index in [1.807, 2.05) is 24.3 Å². The van der Waals surface area contributed by atoms with Crippen LogP contribution in [0.3, 0.4) is 0 Å². The zero-order valence-corrected chi connectivity index (χ0v) is 13.9. The summed E-state index contributed by atoms with van der Waals surface area (Å²) in [7, 11) is 0. The van der Waals surface area contributed by atoms with Gasteiger partial charge in [-0.1, -0.05) is 54.9 Å². The maximum Gasteiger partial charge on any atom is 0.205 e. The van der Waals surface area contributed by atoms with Crippen molar-refractivity contribution in [2.24, 2.45) is 0 Å². The molecule has 0 saturated heterocycles. The third-order valence-corrected chi connectivity index (χ3v) is 3.50. The Balaban J connectivity index is 2.11. The summed E-state index contributed by atoms with van der Waals surface area (Å²) in [4.78, 5) is 20.6. The molecule has 4 heteroatoms. The van der Waals surface area contributed by atoms with E-state index in [2.05, 4.69) is 46.7 Å². The summed E-state index contributed by atoms with van der Waals surface area (Å²) in [6, 6.07) is 7.73. The molecule has 21 heavy (non-hydrogen) atoms. The fraction of sp³-hybridized carbons (Fsp3) is 0.235. The van der Waals surface area contributed by atoms with Gasteiger partial charge in [0.05, 0.1) is 11.9 Å². The normalized spacial score (nSPS) is 11.8. The average Bonchev–Trinajstić information content (AvgIpc) is 2.45. The van der Waals surface area contributed by atoms with Crippen LogP contribution in [-0.2, 0) is 5.41 Å². The second kappa shape index (κ2) is 6.31. The molecule has 3 nitrogen and oxygen atoms in total. The number of carbonyl (C=O) groups excluding carboxylic acids is 1. The van der Waals surface area contributed by atoms with Gasteiger partial charge in [-0.3, -0.25) is 9.78 Å². The van der Waals surface area contributed by atoms with Gasteiger partial charge in [0.15, 0.2) is 0 Å². The molecular weight excluding hydrogens is 328 g/mol. The Morgan fingerprint density at radius 3 is 2.29 bits per heavy atom. The molecule has 1 aromatic heterocycles. The van der Waals surface area contributed by atoms with Crippen LogP contribution in [0.1, 0.15) is 42.5 Å². The number of ketones is 1. The number of allylic oxidation sites excluding steroid dienone is 1. The van der Waals surface area contributed by atoms with E-state index in [1.54, 1.807) is 12.3 Å². The molecule has 0 spiro atoms. The van der Waals surface area contributed by atoms with E-state index in [4.69, 9.17) is 0 Å². The fourth-order valence-electron chi connectivity index (χ4n) is 1.67.